The molecule has 0 saturated carbocycles. The molecule has 68 heavy (non-hydrogen) atoms. The first kappa shape index (κ1) is 67.5. The Morgan fingerprint density at radius 1 is 0.441 bits per heavy atom. The van der Waals surface area contributed by atoms with Gasteiger partial charge in [-0.3, -0.25) is 13.8 Å². The van der Waals surface area contributed by atoms with Crippen LogP contribution in [0.3, 0.4) is 0 Å². The van der Waals surface area contributed by atoms with Gasteiger partial charge in [-0.1, -0.05) is 303 Å². The SMILES string of the molecule is CCCCCCCCCCCCCCCCCCCCCCCCCCCCCCCCCCCCCC(=O)N[C@@H](COP(=O)(O)OCC[N+](C)(C)C)[C@H](O)CCCCCCCCCCCCC. The van der Waals surface area contributed by atoms with Crippen LogP contribution in [0.15, 0.2) is 0 Å². The second-order valence-electron chi connectivity index (χ2n) is 22.4. The van der Waals surface area contributed by atoms with Gasteiger partial charge in [0, 0.05) is 6.42 Å². The summed E-state index contributed by atoms with van der Waals surface area (Å²) < 4.78 is 23.7. The minimum absolute atomic E-state index is 0.0787. The van der Waals surface area contributed by atoms with Crippen molar-refractivity contribution in [1.82, 2.24) is 5.32 Å². The van der Waals surface area contributed by atoms with Gasteiger partial charge in [0.25, 0.3) is 0 Å². The number of carbonyl (C=O) groups is 1. The van der Waals surface area contributed by atoms with Crippen molar-refractivity contribution in [1.29, 1.82) is 0 Å². The topological polar surface area (TPSA) is 105 Å². The van der Waals surface area contributed by atoms with Gasteiger partial charge >= 0.3 is 7.82 Å². The number of likely N-dealkylation sites (N-methyl/N-ethyl adjacent to an activating group) is 1. The Morgan fingerprint density at radius 3 is 0.985 bits per heavy atom. The fraction of sp³-hybridized carbons (Fsp3) is 0.983. The third-order valence-electron chi connectivity index (χ3n) is 14.4. The predicted octanol–water partition coefficient (Wildman–Crippen LogP) is 18.4. The van der Waals surface area contributed by atoms with Gasteiger partial charge in [-0.15, -0.1) is 0 Å². The van der Waals surface area contributed by atoms with Gasteiger partial charge in [-0.05, 0) is 12.8 Å². The molecule has 3 N–H and O–H groups in total. The summed E-state index contributed by atoms with van der Waals surface area (Å²) in [7, 11) is 1.63. The number of aliphatic hydroxyl groups is 1. The molecule has 0 fully saturated rings. The van der Waals surface area contributed by atoms with Crippen LogP contribution in [-0.4, -0.2) is 73.4 Å². The highest BCUT2D eigenvalue weighted by Crippen LogP contribution is 2.43. The van der Waals surface area contributed by atoms with Crippen molar-refractivity contribution in [3.63, 3.8) is 0 Å². The van der Waals surface area contributed by atoms with Crippen LogP contribution in [0.25, 0.3) is 0 Å². The summed E-state index contributed by atoms with van der Waals surface area (Å²) in [4.78, 5) is 23.3. The van der Waals surface area contributed by atoms with Gasteiger partial charge in [0.15, 0.2) is 0 Å². The van der Waals surface area contributed by atoms with Crippen LogP contribution in [-0.2, 0) is 18.4 Å². The number of hydrogen-bond donors (Lipinski definition) is 3. The summed E-state index contributed by atoms with van der Waals surface area (Å²) in [5.74, 6) is -0.138. The molecule has 3 atom stereocenters. The van der Waals surface area contributed by atoms with Crippen LogP contribution >= 0.6 is 7.82 Å². The predicted molar refractivity (Wildman–Crippen MR) is 296 cm³/mol. The molecule has 0 aromatic heterocycles. The maximum atomic E-state index is 13.0. The molecule has 0 aromatic rings. The van der Waals surface area contributed by atoms with E-state index in [2.05, 4.69) is 19.2 Å². The van der Waals surface area contributed by atoms with Crippen molar-refractivity contribution in [2.75, 3.05) is 40.9 Å². The first-order valence-electron chi connectivity index (χ1n) is 30.4. The van der Waals surface area contributed by atoms with E-state index in [4.69, 9.17) is 9.05 Å². The number of carbonyl (C=O) groups excluding carboxylic acids is 1. The average Bonchev–Trinajstić information content (AvgIpc) is 3.30. The van der Waals surface area contributed by atoms with Crippen LogP contribution in [0.4, 0.5) is 0 Å². The third kappa shape index (κ3) is 53.3. The van der Waals surface area contributed by atoms with E-state index in [9.17, 15) is 19.4 Å². The number of nitrogens with zero attached hydrogens (tertiary/aromatic N) is 1. The number of phosphoric ester groups is 1. The standard InChI is InChI=1S/C59H121N2O6P/c1-6-8-10-12-14-16-18-19-20-21-22-23-24-25-26-27-28-29-30-31-32-33-34-35-36-37-38-39-40-41-43-45-47-49-51-53-59(63)60-57(56-67-68(64,65)66-55-54-61(3,4)5)58(62)52-50-48-46-44-42-17-15-13-11-9-7-2/h57-58,62H,6-56H2,1-5H3,(H-,60,63,64,65)/p+1/t57-,58+/m0/s1. The molecule has 0 saturated heterocycles. The Morgan fingerprint density at radius 2 is 0.706 bits per heavy atom. The smallest absolute Gasteiger partial charge is 0.391 e. The molecule has 0 radical (unpaired) electrons. The molecule has 0 spiro atoms. The van der Waals surface area contributed by atoms with E-state index < -0.39 is 20.0 Å². The van der Waals surface area contributed by atoms with E-state index in [-0.39, 0.29) is 19.1 Å². The molecular weight excluding hydrogens is 864 g/mol. The fourth-order valence-electron chi connectivity index (χ4n) is 9.58. The number of aliphatic hydroxyl groups excluding tert-OH is 1. The van der Waals surface area contributed by atoms with Crippen LogP contribution < -0.4 is 5.32 Å². The van der Waals surface area contributed by atoms with Gasteiger partial charge < -0.3 is 19.8 Å². The number of hydrogen-bond acceptors (Lipinski definition) is 5. The molecule has 408 valence electrons. The fourth-order valence-corrected chi connectivity index (χ4v) is 10.3. The molecule has 1 unspecified atom stereocenters. The number of amides is 1. The van der Waals surface area contributed by atoms with Gasteiger partial charge in [0.1, 0.15) is 13.2 Å². The lowest BCUT2D eigenvalue weighted by Gasteiger charge is -2.26. The van der Waals surface area contributed by atoms with Gasteiger partial charge in [-0.2, -0.15) is 0 Å². The summed E-state index contributed by atoms with van der Waals surface area (Å²) in [5.41, 5.74) is 0. The van der Waals surface area contributed by atoms with Crippen molar-refractivity contribution in [2.24, 2.45) is 0 Å². The zero-order chi connectivity index (χ0) is 49.9. The van der Waals surface area contributed by atoms with Gasteiger partial charge in [-0.25, -0.2) is 4.57 Å². The number of unbranched alkanes of at least 4 members (excludes halogenated alkanes) is 44. The zero-order valence-corrected chi connectivity index (χ0v) is 47.5. The Balaban J connectivity index is 3.83. The minimum Gasteiger partial charge on any atom is -0.391 e. The van der Waals surface area contributed by atoms with Crippen LogP contribution in [0.1, 0.15) is 322 Å². The molecule has 8 nitrogen and oxygen atoms in total. The van der Waals surface area contributed by atoms with E-state index in [1.54, 1.807) is 0 Å². The number of nitrogens with one attached hydrogen (secondary N) is 1. The second kappa shape index (κ2) is 51.4. The Labute approximate surface area is 425 Å². The van der Waals surface area contributed by atoms with E-state index in [1.807, 2.05) is 21.1 Å². The quantitative estimate of drug-likeness (QED) is 0.0319. The van der Waals surface area contributed by atoms with Crippen molar-refractivity contribution < 1.29 is 32.9 Å². The second-order valence-corrected chi connectivity index (χ2v) is 23.9. The molecule has 0 bridgehead atoms. The maximum Gasteiger partial charge on any atom is 0.472 e. The van der Waals surface area contributed by atoms with E-state index in [0.29, 0.717) is 23.9 Å². The first-order chi connectivity index (χ1) is 33.0. The molecule has 0 aromatic carbocycles. The van der Waals surface area contributed by atoms with E-state index >= 15 is 0 Å². The molecule has 0 aliphatic rings. The van der Waals surface area contributed by atoms with Crippen LogP contribution in [0.2, 0.25) is 0 Å². The largest absolute Gasteiger partial charge is 0.472 e. The Bertz CT molecular complexity index is 1070. The number of rotatable bonds is 57. The molecule has 0 heterocycles. The van der Waals surface area contributed by atoms with E-state index in [0.717, 1.165) is 38.5 Å². The van der Waals surface area contributed by atoms with E-state index in [1.165, 1.54) is 257 Å². The molecule has 0 aliphatic heterocycles. The maximum absolute atomic E-state index is 13.0. The van der Waals surface area contributed by atoms with Crippen molar-refractivity contribution in [2.45, 2.75) is 334 Å². The highest BCUT2D eigenvalue weighted by atomic mass is 31.2. The first-order valence-corrected chi connectivity index (χ1v) is 31.9. The lowest BCUT2D eigenvalue weighted by atomic mass is 10.0. The third-order valence-corrected chi connectivity index (χ3v) is 15.3. The van der Waals surface area contributed by atoms with Gasteiger partial charge in [0.05, 0.1) is 39.9 Å². The Hall–Kier alpha value is -0.500. The summed E-state index contributed by atoms with van der Waals surface area (Å²) in [6.45, 7) is 4.92. The van der Waals surface area contributed by atoms with Gasteiger partial charge in [0.2, 0.25) is 5.91 Å². The van der Waals surface area contributed by atoms with Crippen molar-refractivity contribution in [3.8, 4) is 0 Å². The summed E-state index contributed by atoms with van der Waals surface area (Å²) in [6.07, 6.45) is 62.0. The molecule has 0 rings (SSSR count). The molecule has 1 amide bonds. The minimum atomic E-state index is -4.31. The summed E-state index contributed by atoms with van der Waals surface area (Å²) >= 11 is 0. The molecular formula is C59H122N2O6P+. The van der Waals surface area contributed by atoms with Crippen molar-refractivity contribution in [3.05, 3.63) is 0 Å². The summed E-state index contributed by atoms with van der Waals surface area (Å²) in [6, 6.07) is -0.754. The number of phosphoric acid groups is 1. The normalized spacial score (nSPS) is 13.8. The lowest BCUT2D eigenvalue weighted by molar-refractivity contribution is -0.870. The Kier molecular flexibility index (Phi) is 51.0. The monoisotopic (exact) mass is 986 g/mol. The zero-order valence-electron chi connectivity index (χ0n) is 46.6. The molecule has 0 aliphatic carbocycles. The van der Waals surface area contributed by atoms with Crippen molar-refractivity contribution >= 4 is 13.7 Å². The highest BCUT2D eigenvalue weighted by Gasteiger charge is 2.28. The van der Waals surface area contributed by atoms with Crippen LogP contribution in [0.5, 0.6) is 0 Å². The summed E-state index contributed by atoms with van der Waals surface area (Å²) in [5, 5.41) is 14.0. The molecule has 9 heteroatoms. The highest BCUT2D eigenvalue weighted by molar-refractivity contribution is 7.47. The lowest BCUT2D eigenvalue weighted by Crippen LogP contribution is -2.46. The van der Waals surface area contributed by atoms with Crippen LogP contribution in [0, 0.1) is 0 Å². The number of quaternary nitrogens is 1. The average molecular weight is 987 g/mol.